The molecule has 0 aliphatic carbocycles. The number of para-hydroxylation sites is 1. The van der Waals surface area contributed by atoms with Crippen LogP contribution in [0.3, 0.4) is 0 Å². The molecule has 39 heavy (non-hydrogen) atoms. The van der Waals surface area contributed by atoms with Crippen molar-refractivity contribution < 1.29 is 14.7 Å². The molecule has 0 radical (unpaired) electrons. The lowest BCUT2D eigenvalue weighted by Crippen LogP contribution is -2.33. The zero-order valence-corrected chi connectivity index (χ0v) is 22.3. The van der Waals surface area contributed by atoms with E-state index in [-0.39, 0.29) is 30.0 Å². The molecule has 3 N–H and O–H groups in total. The van der Waals surface area contributed by atoms with Crippen LogP contribution in [0.2, 0.25) is 0 Å². The smallest absolute Gasteiger partial charge is 0.335 e. The lowest BCUT2D eigenvalue weighted by atomic mass is 10.0. The molecular formula is C30H29N5O3S. The van der Waals surface area contributed by atoms with E-state index in [1.165, 1.54) is 0 Å². The van der Waals surface area contributed by atoms with Gasteiger partial charge in [0.15, 0.2) is 5.11 Å². The number of carboxylic acid groups (broad SMARTS) is 1. The maximum atomic E-state index is 13.0. The second-order valence-electron chi connectivity index (χ2n) is 9.28. The Kier molecular flexibility index (Phi) is 7.69. The second kappa shape index (κ2) is 11.5. The number of aryl methyl sites for hydroxylation is 1. The van der Waals surface area contributed by atoms with Crippen molar-refractivity contribution in [3.05, 3.63) is 114 Å². The summed E-state index contributed by atoms with van der Waals surface area (Å²) in [6.45, 7) is 2.47. The maximum Gasteiger partial charge on any atom is 0.335 e. The number of carboxylic acids is 1. The highest BCUT2D eigenvalue weighted by Gasteiger charge is 2.41. The number of nitrogens with one attached hydrogen (secondary N) is 2. The molecule has 0 saturated carbocycles. The van der Waals surface area contributed by atoms with Crippen LogP contribution >= 0.6 is 12.2 Å². The van der Waals surface area contributed by atoms with Gasteiger partial charge in [0.05, 0.1) is 23.3 Å². The van der Waals surface area contributed by atoms with E-state index in [9.17, 15) is 14.7 Å². The van der Waals surface area contributed by atoms with Gasteiger partial charge in [-0.05, 0) is 78.8 Å². The molecule has 0 unspecified atom stereocenters. The van der Waals surface area contributed by atoms with Crippen molar-refractivity contribution in [2.24, 2.45) is 0 Å². The van der Waals surface area contributed by atoms with E-state index in [0.717, 1.165) is 34.7 Å². The number of aromatic nitrogens is 2. The van der Waals surface area contributed by atoms with Gasteiger partial charge in [0, 0.05) is 42.4 Å². The average Bonchev–Trinajstić information content (AvgIpc) is 3.57. The van der Waals surface area contributed by atoms with Crippen LogP contribution in [0.5, 0.6) is 0 Å². The summed E-state index contributed by atoms with van der Waals surface area (Å²) in [6.07, 6.45) is 4.77. The highest BCUT2D eigenvalue weighted by molar-refractivity contribution is 7.80. The van der Waals surface area contributed by atoms with E-state index in [1.807, 2.05) is 70.3 Å². The molecule has 3 heterocycles. The number of thiocarbonyl (C=S) groups is 1. The van der Waals surface area contributed by atoms with Crippen LogP contribution in [0.4, 0.5) is 5.69 Å². The second-order valence-corrected chi connectivity index (χ2v) is 9.67. The van der Waals surface area contributed by atoms with Gasteiger partial charge in [-0.2, -0.15) is 0 Å². The molecular weight excluding hydrogens is 510 g/mol. The number of anilines is 1. The van der Waals surface area contributed by atoms with E-state index in [2.05, 4.69) is 22.5 Å². The predicted molar refractivity (Wildman–Crippen MR) is 154 cm³/mol. The van der Waals surface area contributed by atoms with Crippen LogP contribution < -0.4 is 10.6 Å². The number of hydrogen-bond donors (Lipinski definition) is 3. The minimum Gasteiger partial charge on any atom is -0.478 e. The largest absolute Gasteiger partial charge is 0.478 e. The van der Waals surface area contributed by atoms with E-state index in [4.69, 9.17) is 12.2 Å². The van der Waals surface area contributed by atoms with Gasteiger partial charge in [0.1, 0.15) is 0 Å². The summed E-state index contributed by atoms with van der Waals surface area (Å²) in [5.41, 5.74) is 4.74. The van der Waals surface area contributed by atoms with Gasteiger partial charge in [-0.25, -0.2) is 4.79 Å². The number of pyridine rings is 1. The lowest BCUT2D eigenvalue weighted by Gasteiger charge is -2.29. The number of amides is 1. The van der Waals surface area contributed by atoms with Gasteiger partial charge in [-0.3, -0.25) is 9.78 Å². The lowest BCUT2D eigenvalue weighted by molar-refractivity contribution is -0.116. The molecule has 5 rings (SSSR count). The predicted octanol–water partition coefficient (Wildman–Crippen LogP) is 5.13. The van der Waals surface area contributed by atoms with Crippen LogP contribution in [-0.4, -0.2) is 43.1 Å². The van der Waals surface area contributed by atoms with Crippen LogP contribution in [0, 0.1) is 0 Å². The Morgan fingerprint density at radius 2 is 1.79 bits per heavy atom. The van der Waals surface area contributed by atoms with Crippen LogP contribution in [-0.2, 0) is 11.2 Å². The zero-order chi connectivity index (χ0) is 27.4. The minimum atomic E-state index is -0.971. The Balaban J connectivity index is 1.44. The van der Waals surface area contributed by atoms with E-state index >= 15 is 0 Å². The Labute approximate surface area is 232 Å². The molecule has 1 aliphatic heterocycles. The summed E-state index contributed by atoms with van der Waals surface area (Å²) in [5.74, 6) is -1.06. The first-order chi connectivity index (χ1) is 19.0. The number of aromatic carboxylic acids is 1. The molecule has 0 spiro atoms. The van der Waals surface area contributed by atoms with Crippen molar-refractivity contribution in [1.82, 2.24) is 19.8 Å². The van der Waals surface area contributed by atoms with Crippen LogP contribution in [0.25, 0.3) is 5.69 Å². The van der Waals surface area contributed by atoms with Gasteiger partial charge in [-0.15, -0.1) is 0 Å². The monoisotopic (exact) mass is 539 g/mol. The Bertz CT molecular complexity index is 1490. The third kappa shape index (κ3) is 5.53. The number of rotatable bonds is 9. The van der Waals surface area contributed by atoms with Crippen molar-refractivity contribution in [2.45, 2.75) is 31.8 Å². The van der Waals surface area contributed by atoms with Gasteiger partial charge >= 0.3 is 5.97 Å². The van der Waals surface area contributed by atoms with Crippen molar-refractivity contribution >= 4 is 34.9 Å². The number of carbonyl (C=O) groups excluding carboxylic acids is 1. The first kappa shape index (κ1) is 26.1. The molecule has 1 amide bonds. The first-order valence-electron chi connectivity index (χ1n) is 12.8. The van der Waals surface area contributed by atoms with Gasteiger partial charge < -0.3 is 25.2 Å². The normalized spacial score (nSPS) is 16.6. The molecule has 8 nitrogen and oxygen atoms in total. The maximum absolute atomic E-state index is 13.0. The number of carbonyl (C=O) groups is 2. The Hall–Kier alpha value is -4.50. The summed E-state index contributed by atoms with van der Waals surface area (Å²) in [5, 5.41) is 16.3. The first-order valence-corrected chi connectivity index (χ1v) is 13.2. The molecule has 2 aromatic carbocycles. The molecule has 0 bridgehead atoms. The number of nitrogens with zero attached hydrogens (tertiary/aromatic N) is 3. The fraction of sp³-hybridized carbons (Fsp3) is 0.200. The standard InChI is InChI=1S/C30H29N5O3S/c1-2-20-8-3-4-9-23(20)32-26(36)16-19-35-28(27(33-30(35)39)24-10-5-6-17-31-24)25-11-7-18-34(25)22-14-12-21(13-15-22)29(37)38/h3-15,17-18,27-28H,2,16,19H2,1H3,(H,32,36)(H,33,39)(H,37,38)/t27-,28-/m0/s1. The van der Waals surface area contributed by atoms with Gasteiger partial charge in [-0.1, -0.05) is 31.2 Å². The summed E-state index contributed by atoms with van der Waals surface area (Å²) in [6, 6.07) is 23.8. The summed E-state index contributed by atoms with van der Waals surface area (Å²) < 4.78 is 2.02. The molecule has 1 aliphatic rings. The minimum absolute atomic E-state index is 0.0848. The van der Waals surface area contributed by atoms with Gasteiger partial charge in [0.25, 0.3) is 0 Å². The zero-order valence-electron chi connectivity index (χ0n) is 21.4. The van der Waals surface area contributed by atoms with Crippen molar-refractivity contribution in [1.29, 1.82) is 0 Å². The third-order valence-corrected chi connectivity index (χ3v) is 7.28. The Morgan fingerprint density at radius 1 is 1.03 bits per heavy atom. The quantitative estimate of drug-likeness (QED) is 0.254. The SMILES string of the molecule is CCc1ccccc1NC(=O)CCN1C(=S)N[C@@H](c2ccccn2)[C@@H]1c1cccn1-c1ccc(C(=O)O)cc1. The third-order valence-electron chi connectivity index (χ3n) is 6.93. The summed E-state index contributed by atoms with van der Waals surface area (Å²) in [4.78, 5) is 31.0. The number of benzene rings is 2. The fourth-order valence-electron chi connectivity index (χ4n) is 4.99. The Morgan fingerprint density at radius 3 is 2.51 bits per heavy atom. The van der Waals surface area contributed by atoms with Crippen LogP contribution in [0.1, 0.15) is 52.7 Å². The van der Waals surface area contributed by atoms with E-state index in [0.29, 0.717) is 11.7 Å². The highest BCUT2D eigenvalue weighted by Crippen LogP contribution is 2.39. The summed E-state index contributed by atoms with van der Waals surface area (Å²) in [7, 11) is 0. The molecule has 198 valence electrons. The molecule has 2 aromatic heterocycles. The molecule has 9 heteroatoms. The fourth-order valence-corrected chi connectivity index (χ4v) is 5.32. The molecule has 1 saturated heterocycles. The molecule has 1 fully saturated rings. The topological polar surface area (TPSA) is 99.5 Å². The highest BCUT2D eigenvalue weighted by atomic mass is 32.1. The van der Waals surface area contributed by atoms with Crippen molar-refractivity contribution in [2.75, 3.05) is 11.9 Å². The average molecular weight is 540 g/mol. The van der Waals surface area contributed by atoms with Gasteiger partial charge in [0.2, 0.25) is 5.91 Å². The van der Waals surface area contributed by atoms with Crippen molar-refractivity contribution in [3.8, 4) is 5.69 Å². The van der Waals surface area contributed by atoms with Crippen LogP contribution in [0.15, 0.2) is 91.3 Å². The van der Waals surface area contributed by atoms with Crippen molar-refractivity contribution in [3.63, 3.8) is 0 Å². The van der Waals surface area contributed by atoms with E-state index in [1.54, 1.807) is 30.5 Å². The molecule has 2 atom stereocenters. The summed E-state index contributed by atoms with van der Waals surface area (Å²) >= 11 is 5.78. The van der Waals surface area contributed by atoms with E-state index < -0.39 is 5.97 Å². The molecule has 4 aromatic rings. The number of hydrogen-bond acceptors (Lipinski definition) is 4.